The van der Waals surface area contributed by atoms with Gasteiger partial charge in [-0.3, -0.25) is 91.7 Å². The highest BCUT2D eigenvalue weighted by atomic mass is 16.3. The van der Waals surface area contributed by atoms with Gasteiger partial charge in [-0.25, -0.2) is 4.98 Å². The number of amides is 18. The Morgan fingerprint density at radius 2 is 1.04 bits per heavy atom. The summed E-state index contributed by atoms with van der Waals surface area (Å²) in [7, 11) is 0. The fourth-order valence-corrected chi connectivity index (χ4v) is 14.0. The number of hydrogen-bond acceptors (Lipinski definition) is 25. The van der Waals surface area contributed by atoms with Gasteiger partial charge in [0.1, 0.15) is 78.3 Å². The predicted octanol–water partition coefficient (Wildman–Crippen LogP) is -8.04. The number of aromatic hydroxyl groups is 1. The zero-order valence-electron chi connectivity index (χ0n) is 74.1. The van der Waals surface area contributed by atoms with E-state index in [1.807, 2.05) is 20.8 Å². The van der Waals surface area contributed by atoms with Gasteiger partial charge in [0.2, 0.25) is 106 Å². The van der Waals surface area contributed by atoms with Crippen LogP contribution in [0.5, 0.6) is 5.75 Å². The minimum absolute atomic E-state index is 0.0210. The van der Waals surface area contributed by atoms with E-state index in [0.29, 0.717) is 73.2 Å². The highest BCUT2D eigenvalue weighted by Gasteiger charge is 2.41. The molecule has 716 valence electrons. The highest BCUT2D eigenvalue weighted by Crippen LogP contribution is 2.23. The normalized spacial score (nSPS) is 14.9. The Balaban J connectivity index is 1.33. The molecule has 18 amide bonds. The van der Waals surface area contributed by atoms with E-state index in [0.717, 1.165) is 0 Å². The van der Waals surface area contributed by atoms with Crippen LogP contribution >= 0.6 is 0 Å². The summed E-state index contributed by atoms with van der Waals surface area (Å²) in [6.45, 7) is 10.1. The fraction of sp³-hybridized carbons (Fsp3) is 0.566. The van der Waals surface area contributed by atoms with Gasteiger partial charge in [0.25, 0.3) is 0 Å². The number of imidazole rings is 1. The first-order valence-electron chi connectivity index (χ1n) is 43.2. The lowest BCUT2D eigenvalue weighted by atomic mass is 10.0. The first-order chi connectivity index (χ1) is 61.7. The third-order valence-electron chi connectivity index (χ3n) is 21.0. The number of aromatic amines is 2. The Morgan fingerprint density at radius 1 is 0.523 bits per heavy atom. The van der Waals surface area contributed by atoms with Gasteiger partial charge in [-0.05, 0) is 99.5 Å². The molecule has 0 aliphatic carbocycles. The Hall–Kier alpha value is -13.4. The number of rotatable bonds is 60. The third-order valence-corrected chi connectivity index (χ3v) is 21.0. The second kappa shape index (κ2) is 55.3. The van der Waals surface area contributed by atoms with Crippen LogP contribution in [0.3, 0.4) is 0 Å². The van der Waals surface area contributed by atoms with Crippen molar-refractivity contribution in [2.45, 2.75) is 217 Å². The molecule has 1 saturated heterocycles. The van der Waals surface area contributed by atoms with Crippen molar-refractivity contribution in [1.29, 1.82) is 5.41 Å². The SMILES string of the molecule is CCCC[C@H](NC(=O)[C@H](CC(C)C)NC(=O)[C@H](Cc1cnc[nH]1)NC(=O)CNC(=O)[C@@H](NC(=O)[C@H](C)NC(=O)[C@H](Cc1c[nH]c2ccccc12)NC(=O)[C@H](CCC(N)=O)NC(=O)[C@H](CC(N)=O)NC(=O)CNC(=O)[C@H](Cc1ccc(O)cc1)NC(=O)[C@H](CCCNC(=N)N)NC(=O)[C@H](CCC(N)=O)NC(=O)[C@@H]1CCCN1C(=O)C(CNCCN)CNCCN)C(C)C)C(N)=O. The summed E-state index contributed by atoms with van der Waals surface area (Å²) in [6.07, 6.45) is 2.60. The molecule has 2 aromatic carbocycles. The molecule has 3 heterocycles. The van der Waals surface area contributed by atoms with Crippen molar-refractivity contribution in [2.24, 2.45) is 57.9 Å². The molecule has 0 saturated carbocycles. The van der Waals surface area contributed by atoms with Crippen LogP contribution in [0.1, 0.15) is 142 Å². The molecule has 4 aromatic rings. The lowest BCUT2D eigenvalue weighted by molar-refractivity contribution is -0.142. The number of nitrogens with two attached hydrogens (primary N) is 7. The van der Waals surface area contributed by atoms with E-state index in [2.05, 4.69) is 100 Å². The largest absolute Gasteiger partial charge is 0.508 e. The Morgan fingerprint density at radius 3 is 1.59 bits per heavy atom. The smallest absolute Gasteiger partial charge is 0.243 e. The van der Waals surface area contributed by atoms with Crippen molar-refractivity contribution in [1.82, 2.24) is 105 Å². The molecular formula is C83H130N28O19. The Labute approximate surface area is 751 Å². The predicted molar refractivity (Wildman–Crippen MR) is 474 cm³/mol. The topological polar surface area (TPSA) is 774 Å². The maximum absolute atomic E-state index is 14.7. The lowest BCUT2D eigenvalue weighted by Gasteiger charge is -2.30. The number of fused-ring (bicyclic) bond motifs is 1. The molecule has 130 heavy (non-hydrogen) atoms. The van der Waals surface area contributed by atoms with Crippen LogP contribution in [-0.2, 0) is 106 Å². The van der Waals surface area contributed by atoms with Crippen molar-refractivity contribution in [2.75, 3.05) is 65.4 Å². The van der Waals surface area contributed by atoms with E-state index in [9.17, 15) is 91.4 Å². The molecule has 0 spiro atoms. The summed E-state index contributed by atoms with van der Waals surface area (Å²) >= 11 is 0. The van der Waals surface area contributed by atoms with Gasteiger partial charge in [-0.1, -0.05) is 77.8 Å². The molecule has 34 N–H and O–H groups in total. The molecule has 47 heteroatoms. The van der Waals surface area contributed by atoms with Gasteiger partial charge in [0.05, 0.1) is 31.8 Å². The third kappa shape index (κ3) is 37.5. The zero-order valence-corrected chi connectivity index (χ0v) is 74.1. The van der Waals surface area contributed by atoms with Crippen LogP contribution in [0.2, 0.25) is 0 Å². The molecule has 1 aliphatic heterocycles. The lowest BCUT2D eigenvalue weighted by Crippen LogP contribution is -2.60. The Bertz CT molecular complexity index is 4500. The fourth-order valence-electron chi connectivity index (χ4n) is 14.0. The van der Waals surface area contributed by atoms with E-state index in [-0.39, 0.29) is 102 Å². The van der Waals surface area contributed by atoms with Gasteiger partial charge in [-0.15, -0.1) is 0 Å². The maximum Gasteiger partial charge on any atom is 0.243 e. The molecule has 5 rings (SSSR count). The second-order valence-corrected chi connectivity index (χ2v) is 32.5. The van der Waals surface area contributed by atoms with Crippen molar-refractivity contribution in [3.63, 3.8) is 0 Å². The van der Waals surface area contributed by atoms with Gasteiger partial charge >= 0.3 is 0 Å². The van der Waals surface area contributed by atoms with Crippen LogP contribution in [0.15, 0.2) is 67.3 Å². The number of nitrogens with one attached hydrogen (secondary N) is 19. The van der Waals surface area contributed by atoms with E-state index in [1.54, 1.807) is 44.3 Å². The molecule has 1 fully saturated rings. The van der Waals surface area contributed by atoms with Gasteiger partial charge < -0.3 is 145 Å². The summed E-state index contributed by atoms with van der Waals surface area (Å²) in [6, 6.07) is -5.45. The molecule has 47 nitrogen and oxygen atoms in total. The van der Waals surface area contributed by atoms with Crippen molar-refractivity contribution in [3.8, 4) is 5.75 Å². The summed E-state index contributed by atoms with van der Waals surface area (Å²) in [5, 5.41) is 60.1. The van der Waals surface area contributed by atoms with E-state index in [4.69, 9.17) is 45.5 Å². The summed E-state index contributed by atoms with van der Waals surface area (Å²) in [5.74, 6) is -18.9. The number of guanidine groups is 1. The second-order valence-electron chi connectivity index (χ2n) is 32.5. The van der Waals surface area contributed by atoms with Gasteiger partial charge in [-0.2, -0.15) is 0 Å². The summed E-state index contributed by atoms with van der Waals surface area (Å²) in [5.41, 5.74) is 40.9. The monoisotopic (exact) mass is 1820 g/mol. The average molecular weight is 1820 g/mol. The number of carbonyl (C=O) groups excluding carboxylic acids is 18. The van der Waals surface area contributed by atoms with E-state index in [1.165, 1.54) is 48.6 Å². The number of unbranched alkanes of at least 4 members (excludes halogenated alkanes) is 1. The number of phenolic OH excluding ortho intramolecular Hbond substituents is 1. The number of para-hydroxylation sites is 1. The van der Waals surface area contributed by atoms with Crippen LogP contribution in [0.25, 0.3) is 10.9 Å². The van der Waals surface area contributed by atoms with Crippen molar-refractivity contribution >= 4 is 123 Å². The summed E-state index contributed by atoms with van der Waals surface area (Å²) in [4.78, 5) is 260. The molecule has 0 unspecified atom stereocenters. The van der Waals surface area contributed by atoms with Crippen LogP contribution in [-0.4, -0.2) is 275 Å². The zero-order chi connectivity index (χ0) is 96.3. The number of carbonyl (C=O) groups is 18. The number of nitrogens with zero attached hydrogens (tertiary/aromatic N) is 2. The van der Waals surface area contributed by atoms with Crippen LogP contribution < -0.4 is 125 Å². The first-order valence-corrected chi connectivity index (χ1v) is 43.2. The van der Waals surface area contributed by atoms with Crippen molar-refractivity contribution < 1.29 is 91.4 Å². The molecule has 1 aliphatic rings. The number of phenols is 1. The molecular weight excluding hydrogens is 1690 g/mol. The number of H-pyrrole nitrogens is 2. The first kappa shape index (κ1) is 107. The number of likely N-dealkylation sites (tertiary alicyclic amines) is 1. The molecule has 2 aromatic heterocycles. The quantitative estimate of drug-likeness (QED) is 0.0111. The van der Waals surface area contributed by atoms with Gasteiger partial charge in [0, 0.05) is 113 Å². The summed E-state index contributed by atoms with van der Waals surface area (Å²) < 4.78 is 0. The maximum atomic E-state index is 14.7. The van der Waals surface area contributed by atoms with Crippen molar-refractivity contribution in [3.05, 3.63) is 84.1 Å². The number of aromatic nitrogens is 3. The molecule has 12 atom stereocenters. The van der Waals surface area contributed by atoms with Crippen LogP contribution in [0, 0.1) is 23.2 Å². The molecule has 0 radical (unpaired) electrons. The highest BCUT2D eigenvalue weighted by molar-refractivity contribution is 6.01. The van der Waals surface area contributed by atoms with E-state index >= 15 is 0 Å². The van der Waals surface area contributed by atoms with E-state index < -0.39 is 229 Å². The van der Waals surface area contributed by atoms with Crippen LogP contribution in [0.4, 0.5) is 0 Å². The number of primary amides is 4. The average Bonchev–Trinajstić information content (AvgIpc) is 1.67. The number of hydrogen-bond donors (Lipinski definition) is 27. The Kier molecular flexibility index (Phi) is 45.6. The molecule has 0 bridgehead atoms. The minimum Gasteiger partial charge on any atom is -0.508 e. The van der Waals surface area contributed by atoms with Gasteiger partial charge in [0.15, 0.2) is 5.96 Å². The number of benzene rings is 2. The standard InChI is InChI=1S/C83H130N28O19/c1-7-8-14-54(70(89)118)103-77(125)58(32-44(2)3)107-78(126)61(35-50-40-94-43-99-50)101-68(117)42-98-81(129)69(45(4)5)110-71(119)46(6)100-76(124)60(34-48-39-96-53-15-10-9-13-52(48)53)109-75(123)56(22-24-64(86)113)105-79(127)62(36-66(88)115)102-67(116)41-97-72(120)59(33-47-18-20-51(112)21-19-47)108-73(121)55(16-11-28-95-83(90)91)104-74(122)57(23-25-65(87)114)106-80(128)63-17-12-31-111(63)82(130)49(37-92-29-26-84)38-93-30-27-85/h9-10,13,15,18-21,39-40,43-46,49,54-63,69,92-93,96,112H,7-8,11-12,14,16-17,22-38,41-42,84-85H2,1-6H3,(H2,86,113)(H2,87,114)(H2,88,115)(H2,89,118)(H,94,99)(H,97,120)(H,98,129)(H,100,124)(H,101,117)(H,102,116)(H,103,125)(H,104,122)(H,105,127)(H,106,128)(H,107,126)(H,108,121)(H,109,123)(H,110,119)(H4,90,91,95)/t46-,54-,55-,56-,57-,58-,59-,60-,61-,62-,63-,69-/m0/s1. The minimum atomic E-state index is -1.95.